The molecule has 7 heteroatoms. The van der Waals surface area contributed by atoms with Crippen molar-refractivity contribution >= 4 is 23.3 Å². The fraction of sp³-hybridized carbons (Fsp3) is 0.296. The molecule has 0 atom stereocenters. The molecule has 0 unspecified atom stereocenters. The molecule has 34 heavy (non-hydrogen) atoms. The summed E-state index contributed by atoms with van der Waals surface area (Å²) in [6.07, 6.45) is 3.50. The van der Waals surface area contributed by atoms with Gasteiger partial charge in [-0.3, -0.25) is 14.4 Å². The third-order valence-corrected chi connectivity index (χ3v) is 5.75. The smallest absolute Gasteiger partial charge is 0.322 e. The Morgan fingerprint density at radius 3 is 2.47 bits per heavy atom. The van der Waals surface area contributed by atoms with Crippen molar-refractivity contribution in [2.75, 3.05) is 25.0 Å². The Kier molecular flexibility index (Phi) is 8.24. The molecule has 3 aromatic rings. The molecule has 178 valence electrons. The number of aryl methyl sites for hydroxylation is 2. The Balaban J connectivity index is 1.73. The number of carbonyl (C=O) groups is 3. The summed E-state index contributed by atoms with van der Waals surface area (Å²) in [5.41, 5.74) is 4.61. The molecule has 0 saturated carbocycles. The maximum atomic E-state index is 13.0. The van der Waals surface area contributed by atoms with Crippen molar-refractivity contribution in [3.05, 3.63) is 88.7 Å². The van der Waals surface area contributed by atoms with Gasteiger partial charge in [0.25, 0.3) is 5.91 Å². The van der Waals surface area contributed by atoms with E-state index < -0.39 is 18.4 Å². The van der Waals surface area contributed by atoms with Gasteiger partial charge in [0.15, 0.2) is 0 Å². The van der Waals surface area contributed by atoms with Gasteiger partial charge in [-0.25, -0.2) is 0 Å². The van der Waals surface area contributed by atoms with Gasteiger partial charge < -0.3 is 19.9 Å². The van der Waals surface area contributed by atoms with Crippen molar-refractivity contribution in [1.82, 2.24) is 9.88 Å². The lowest BCUT2D eigenvalue weighted by molar-refractivity contribution is -0.135. The highest BCUT2D eigenvalue weighted by Crippen LogP contribution is 2.21. The predicted molar refractivity (Wildman–Crippen MR) is 133 cm³/mol. The highest BCUT2D eigenvalue weighted by Gasteiger charge is 2.16. The van der Waals surface area contributed by atoms with Crippen LogP contribution in [0.5, 0.6) is 0 Å². The van der Waals surface area contributed by atoms with Crippen molar-refractivity contribution < 1.29 is 19.5 Å². The van der Waals surface area contributed by atoms with Crippen LogP contribution in [0.3, 0.4) is 0 Å². The largest absolute Gasteiger partial charge is 0.480 e. The predicted octanol–water partition coefficient (Wildman–Crippen LogP) is 3.93. The van der Waals surface area contributed by atoms with Crippen LogP contribution in [0.15, 0.2) is 60.8 Å². The number of amides is 1. The van der Waals surface area contributed by atoms with E-state index in [2.05, 4.69) is 5.32 Å². The molecule has 0 aliphatic heterocycles. The van der Waals surface area contributed by atoms with E-state index in [4.69, 9.17) is 5.11 Å². The van der Waals surface area contributed by atoms with Crippen molar-refractivity contribution in [2.45, 2.75) is 33.2 Å². The van der Waals surface area contributed by atoms with Gasteiger partial charge in [0.1, 0.15) is 6.54 Å². The lowest BCUT2D eigenvalue weighted by atomic mass is 10.0. The standard InChI is InChI=1S/C27H31N3O4/c1-4-6-20-12-13-22(17-23(20)27(34)28-18-25(31)32)29(3)15-16-30-14-5-7-24(30)26(33)21-10-8-19(2)9-11-21/h5,7-14,17H,4,6,15-16,18H2,1-3H3,(H,28,34)(H,31,32). The van der Waals surface area contributed by atoms with Gasteiger partial charge in [0.2, 0.25) is 5.78 Å². The third-order valence-electron chi connectivity index (χ3n) is 5.75. The van der Waals surface area contributed by atoms with Gasteiger partial charge in [-0.2, -0.15) is 0 Å². The van der Waals surface area contributed by atoms with E-state index in [1.807, 2.05) is 85.1 Å². The molecule has 1 heterocycles. The highest BCUT2D eigenvalue weighted by atomic mass is 16.4. The van der Waals surface area contributed by atoms with Crippen molar-refractivity contribution in [3.8, 4) is 0 Å². The second-order valence-corrected chi connectivity index (χ2v) is 8.37. The van der Waals surface area contributed by atoms with Crippen LogP contribution in [0.4, 0.5) is 5.69 Å². The number of nitrogens with zero attached hydrogens (tertiary/aromatic N) is 2. The van der Waals surface area contributed by atoms with Gasteiger partial charge in [-0.05, 0) is 43.2 Å². The molecule has 0 aliphatic carbocycles. The van der Waals surface area contributed by atoms with E-state index in [9.17, 15) is 14.4 Å². The summed E-state index contributed by atoms with van der Waals surface area (Å²) >= 11 is 0. The van der Waals surface area contributed by atoms with E-state index in [0.29, 0.717) is 29.9 Å². The number of benzene rings is 2. The monoisotopic (exact) mass is 461 g/mol. The molecule has 2 N–H and O–H groups in total. The van der Waals surface area contributed by atoms with Gasteiger partial charge in [-0.1, -0.05) is 49.2 Å². The van der Waals surface area contributed by atoms with Crippen LogP contribution in [-0.2, 0) is 17.8 Å². The van der Waals surface area contributed by atoms with E-state index in [0.717, 1.165) is 29.7 Å². The molecular weight excluding hydrogens is 430 g/mol. The number of hydrogen-bond acceptors (Lipinski definition) is 4. The molecule has 2 aromatic carbocycles. The van der Waals surface area contributed by atoms with Crippen LogP contribution in [0.1, 0.15) is 50.9 Å². The van der Waals surface area contributed by atoms with Crippen LogP contribution in [0.25, 0.3) is 0 Å². The maximum absolute atomic E-state index is 13.0. The molecule has 1 aromatic heterocycles. The van der Waals surface area contributed by atoms with Gasteiger partial charge >= 0.3 is 5.97 Å². The normalized spacial score (nSPS) is 10.7. The minimum Gasteiger partial charge on any atom is -0.480 e. The number of rotatable bonds is 11. The first-order valence-corrected chi connectivity index (χ1v) is 11.4. The lowest BCUT2D eigenvalue weighted by Gasteiger charge is -2.22. The number of anilines is 1. The van der Waals surface area contributed by atoms with Gasteiger partial charge in [0, 0.05) is 43.1 Å². The second kappa shape index (κ2) is 11.3. The van der Waals surface area contributed by atoms with E-state index in [1.165, 1.54) is 0 Å². The quantitative estimate of drug-likeness (QED) is 0.422. The zero-order valence-corrected chi connectivity index (χ0v) is 19.9. The highest BCUT2D eigenvalue weighted by molar-refractivity contribution is 6.08. The summed E-state index contributed by atoms with van der Waals surface area (Å²) in [4.78, 5) is 38.4. The maximum Gasteiger partial charge on any atom is 0.322 e. The zero-order valence-electron chi connectivity index (χ0n) is 19.9. The lowest BCUT2D eigenvalue weighted by Crippen LogP contribution is -2.30. The SMILES string of the molecule is CCCc1ccc(N(C)CCn2cccc2C(=O)c2ccc(C)cc2)cc1C(=O)NCC(=O)O. The molecule has 0 saturated heterocycles. The van der Waals surface area contributed by atoms with Crippen LogP contribution in [0, 0.1) is 6.92 Å². The summed E-state index contributed by atoms with van der Waals surface area (Å²) in [5.74, 6) is -1.49. The van der Waals surface area contributed by atoms with Crippen LogP contribution < -0.4 is 10.2 Å². The molecule has 7 nitrogen and oxygen atoms in total. The fourth-order valence-electron chi connectivity index (χ4n) is 3.81. The van der Waals surface area contributed by atoms with Gasteiger partial charge in [-0.15, -0.1) is 0 Å². The second-order valence-electron chi connectivity index (χ2n) is 8.37. The molecule has 0 radical (unpaired) electrons. The first-order valence-electron chi connectivity index (χ1n) is 11.4. The average molecular weight is 462 g/mol. The Labute approximate surface area is 200 Å². The minimum atomic E-state index is -1.08. The first kappa shape index (κ1) is 24.8. The number of carboxylic acids is 1. The third kappa shape index (κ3) is 6.13. The summed E-state index contributed by atoms with van der Waals surface area (Å²) in [6.45, 7) is 4.81. The van der Waals surface area contributed by atoms with Crippen LogP contribution in [0.2, 0.25) is 0 Å². The molecule has 0 spiro atoms. The Morgan fingerprint density at radius 1 is 1.06 bits per heavy atom. The van der Waals surface area contributed by atoms with Crippen molar-refractivity contribution in [3.63, 3.8) is 0 Å². The van der Waals surface area contributed by atoms with Crippen molar-refractivity contribution in [2.24, 2.45) is 0 Å². The minimum absolute atomic E-state index is 0.0195. The van der Waals surface area contributed by atoms with Crippen LogP contribution >= 0.6 is 0 Å². The summed E-state index contributed by atoms with van der Waals surface area (Å²) in [6, 6.07) is 16.9. The molecule has 0 aliphatic rings. The molecule has 1 amide bonds. The molecular formula is C27H31N3O4. The molecule has 3 rings (SSSR count). The summed E-state index contributed by atoms with van der Waals surface area (Å²) in [7, 11) is 1.93. The van der Waals surface area contributed by atoms with E-state index in [1.54, 1.807) is 6.07 Å². The number of nitrogens with one attached hydrogen (secondary N) is 1. The Morgan fingerprint density at radius 2 is 1.79 bits per heavy atom. The number of hydrogen-bond donors (Lipinski definition) is 2. The van der Waals surface area contributed by atoms with Crippen molar-refractivity contribution in [1.29, 1.82) is 0 Å². The number of likely N-dealkylation sites (N-methyl/N-ethyl adjacent to an activating group) is 1. The van der Waals surface area contributed by atoms with E-state index >= 15 is 0 Å². The molecule has 0 fully saturated rings. The van der Waals surface area contributed by atoms with Gasteiger partial charge in [0.05, 0.1) is 5.69 Å². The first-order chi connectivity index (χ1) is 16.3. The fourth-order valence-corrected chi connectivity index (χ4v) is 3.81. The Hall–Kier alpha value is -3.87. The number of ketones is 1. The topological polar surface area (TPSA) is 91.6 Å². The van der Waals surface area contributed by atoms with Crippen LogP contribution in [-0.4, -0.2) is 47.5 Å². The number of carboxylic acid groups (broad SMARTS) is 1. The summed E-state index contributed by atoms with van der Waals surface area (Å²) in [5, 5.41) is 11.3. The average Bonchev–Trinajstić information content (AvgIpc) is 3.30. The number of aliphatic carboxylic acids is 1. The number of carbonyl (C=O) groups excluding carboxylic acids is 2. The Bertz CT molecular complexity index is 1160. The zero-order chi connectivity index (χ0) is 24.7. The number of aromatic nitrogens is 1. The molecule has 0 bridgehead atoms. The summed E-state index contributed by atoms with van der Waals surface area (Å²) < 4.78 is 1.94. The van der Waals surface area contributed by atoms with E-state index in [-0.39, 0.29) is 5.78 Å².